The van der Waals surface area contributed by atoms with Crippen LogP contribution in [0.3, 0.4) is 0 Å². The van der Waals surface area contributed by atoms with Crippen LogP contribution in [0.15, 0.2) is 5.16 Å². The minimum absolute atomic E-state index is 0.00253. The van der Waals surface area contributed by atoms with E-state index in [0.29, 0.717) is 13.2 Å². The minimum Gasteiger partial charge on any atom is -0.409 e. The van der Waals surface area contributed by atoms with Gasteiger partial charge in [0.15, 0.2) is 5.84 Å². The van der Waals surface area contributed by atoms with E-state index in [2.05, 4.69) is 10.5 Å². The quantitative estimate of drug-likeness (QED) is 0.243. The standard InChI is InChI=1S/C8H15N3O3/c1-5(7(9)11-13)10-8(12)6-2-3-14-4-6/h5-6,13H,2-4H2,1H3,(H2,9,11)(H,10,12). The summed E-state index contributed by atoms with van der Waals surface area (Å²) >= 11 is 0. The molecule has 1 rings (SSSR count). The molecule has 1 saturated heterocycles. The molecule has 1 aliphatic rings. The van der Waals surface area contributed by atoms with Gasteiger partial charge in [-0.1, -0.05) is 5.16 Å². The molecule has 14 heavy (non-hydrogen) atoms. The first kappa shape index (κ1) is 10.8. The summed E-state index contributed by atoms with van der Waals surface area (Å²) in [5.41, 5.74) is 5.32. The van der Waals surface area contributed by atoms with E-state index in [1.165, 1.54) is 0 Å². The van der Waals surface area contributed by atoms with Crippen LogP contribution in [0.2, 0.25) is 0 Å². The summed E-state index contributed by atoms with van der Waals surface area (Å²) in [6, 6.07) is -0.451. The van der Waals surface area contributed by atoms with Gasteiger partial charge in [0, 0.05) is 6.61 Å². The average molecular weight is 201 g/mol. The lowest BCUT2D eigenvalue weighted by Crippen LogP contribution is -2.45. The van der Waals surface area contributed by atoms with E-state index in [4.69, 9.17) is 15.7 Å². The maximum Gasteiger partial charge on any atom is 0.226 e. The fraction of sp³-hybridized carbons (Fsp3) is 0.750. The van der Waals surface area contributed by atoms with Crippen molar-refractivity contribution in [1.82, 2.24) is 5.32 Å². The fourth-order valence-corrected chi connectivity index (χ4v) is 1.23. The van der Waals surface area contributed by atoms with Crippen LogP contribution < -0.4 is 11.1 Å². The molecule has 6 nitrogen and oxygen atoms in total. The SMILES string of the molecule is CC(NC(=O)C1CCOC1)C(N)=NO. The smallest absolute Gasteiger partial charge is 0.226 e. The van der Waals surface area contributed by atoms with E-state index in [9.17, 15) is 4.79 Å². The molecule has 1 fully saturated rings. The number of amidine groups is 1. The van der Waals surface area contributed by atoms with E-state index >= 15 is 0 Å². The zero-order valence-corrected chi connectivity index (χ0v) is 8.06. The molecule has 0 aromatic rings. The van der Waals surface area contributed by atoms with Crippen LogP contribution in [0.4, 0.5) is 0 Å². The molecule has 0 spiro atoms. The lowest BCUT2D eigenvalue weighted by atomic mass is 10.1. The highest BCUT2D eigenvalue weighted by Crippen LogP contribution is 2.12. The van der Waals surface area contributed by atoms with Gasteiger partial charge in [-0.15, -0.1) is 0 Å². The van der Waals surface area contributed by atoms with Crippen LogP contribution in [-0.2, 0) is 9.53 Å². The second-order valence-corrected chi connectivity index (χ2v) is 3.32. The van der Waals surface area contributed by atoms with Crippen molar-refractivity contribution in [2.24, 2.45) is 16.8 Å². The third kappa shape index (κ3) is 2.59. The number of amides is 1. The van der Waals surface area contributed by atoms with Crippen molar-refractivity contribution in [2.45, 2.75) is 19.4 Å². The fourth-order valence-electron chi connectivity index (χ4n) is 1.23. The summed E-state index contributed by atoms with van der Waals surface area (Å²) in [5, 5.41) is 13.8. The largest absolute Gasteiger partial charge is 0.409 e. The molecule has 1 heterocycles. The summed E-state index contributed by atoms with van der Waals surface area (Å²) < 4.78 is 5.07. The normalized spacial score (nSPS) is 24.6. The molecule has 4 N–H and O–H groups in total. The van der Waals surface area contributed by atoms with Gasteiger partial charge in [0.25, 0.3) is 0 Å². The van der Waals surface area contributed by atoms with E-state index in [-0.39, 0.29) is 17.7 Å². The molecule has 0 saturated carbocycles. The Labute approximate surface area is 82.1 Å². The van der Waals surface area contributed by atoms with E-state index < -0.39 is 6.04 Å². The number of nitrogens with zero attached hydrogens (tertiary/aromatic N) is 1. The number of carbonyl (C=O) groups excluding carboxylic acids is 1. The van der Waals surface area contributed by atoms with Crippen molar-refractivity contribution in [3.05, 3.63) is 0 Å². The molecule has 0 aromatic heterocycles. The molecule has 1 aliphatic heterocycles. The Kier molecular flexibility index (Phi) is 3.70. The van der Waals surface area contributed by atoms with Crippen LogP contribution in [0.25, 0.3) is 0 Å². The Morgan fingerprint density at radius 1 is 1.79 bits per heavy atom. The van der Waals surface area contributed by atoms with Crippen molar-refractivity contribution in [1.29, 1.82) is 0 Å². The highest BCUT2D eigenvalue weighted by Gasteiger charge is 2.25. The van der Waals surface area contributed by atoms with Gasteiger partial charge in [-0.05, 0) is 13.3 Å². The van der Waals surface area contributed by atoms with Gasteiger partial charge < -0.3 is 21.0 Å². The Balaban J connectivity index is 2.39. The van der Waals surface area contributed by atoms with Gasteiger partial charge in [-0.3, -0.25) is 4.79 Å². The van der Waals surface area contributed by atoms with Crippen molar-refractivity contribution in [2.75, 3.05) is 13.2 Å². The first-order chi connectivity index (χ1) is 6.65. The molecule has 1 amide bonds. The van der Waals surface area contributed by atoms with Gasteiger partial charge >= 0.3 is 0 Å². The van der Waals surface area contributed by atoms with Crippen molar-refractivity contribution < 1.29 is 14.7 Å². The highest BCUT2D eigenvalue weighted by atomic mass is 16.5. The predicted octanol–water partition coefficient (Wildman–Crippen LogP) is -0.726. The topological polar surface area (TPSA) is 96.9 Å². The first-order valence-electron chi connectivity index (χ1n) is 4.50. The van der Waals surface area contributed by atoms with Crippen molar-refractivity contribution >= 4 is 11.7 Å². The van der Waals surface area contributed by atoms with Crippen LogP contribution in [0, 0.1) is 5.92 Å². The maximum absolute atomic E-state index is 11.5. The van der Waals surface area contributed by atoms with Gasteiger partial charge in [-0.25, -0.2) is 0 Å². The molecular formula is C8H15N3O3. The molecule has 0 radical (unpaired) electrons. The Bertz CT molecular complexity index is 236. The second kappa shape index (κ2) is 4.80. The maximum atomic E-state index is 11.5. The zero-order chi connectivity index (χ0) is 10.6. The third-order valence-electron chi connectivity index (χ3n) is 2.22. The number of nitrogens with two attached hydrogens (primary N) is 1. The zero-order valence-electron chi connectivity index (χ0n) is 8.06. The number of hydrogen-bond donors (Lipinski definition) is 3. The molecule has 6 heteroatoms. The number of oxime groups is 1. The predicted molar refractivity (Wildman–Crippen MR) is 49.9 cm³/mol. The van der Waals surface area contributed by atoms with E-state index in [1.54, 1.807) is 6.92 Å². The molecule has 0 aliphatic carbocycles. The van der Waals surface area contributed by atoms with E-state index in [1.807, 2.05) is 0 Å². The lowest BCUT2D eigenvalue weighted by molar-refractivity contribution is -0.125. The van der Waals surface area contributed by atoms with Crippen LogP contribution >= 0.6 is 0 Å². The van der Waals surface area contributed by atoms with E-state index in [0.717, 1.165) is 6.42 Å². The van der Waals surface area contributed by atoms with Crippen LogP contribution in [0.5, 0.6) is 0 Å². The molecule has 2 atom stereocenters. The van der Waals surface area contributed by atoms with Crippen LogP contribution in [-0.4, -0.2) is 36.2 Å². The summed E-state index contributed by atoms with van der Waals surface area (Å²) in [4.78, 5) is 11.5. The van der Waals surface area contributed by atoms with Crippen molar-refractivity contribution in [3.8, 4) is 0 Å². The lowest BCUT2D eigenvalue weighted by Gasteiger charge is -2.14. The number of hydrogen-bond acceptors (Lipinski definition) is 4. The average Bonchev–Trinajstić information content (AvgIpc) is 2.69. The number of nitrogens with one attached hydrogen (secondary N) is 1. The Morgan fingerprint density at radius 2 is 2.50 bits per heavy atom. The molecule has 0 bridgehead atoms. The summed E-state index contributed by atoms with van der Waals surface area (Å²) in [6.45, 7) is 2.73. The van der Waals surface area contributed by atoms with Crippen molar-refractivity contribution in [3.63, 3.8) is 0 Å². The number of carbonyl (C=O) groups is 1. The third-order valence-corrected chi connectivity index (χ3v) is 2.22. The molecule has 80 valence electrons. The summed E-state index contributed by atoms with van der Waals surface area (Å²) in [5.74, 6) is -0.220. The van der Waals surface area contributed by atoms with Gasteiger partial charge in [0.05, 0.1) is 18.6 Å². The second-order valence-electron chi connectivity index (χ2n) is 3.32. The highest BCUT2D eigenvalue weighted by molar-refractivity contribution is 5.90. The Morgan fingerprint density at radius 3 is 3.00 bits per heavy atom. The van der Waals surface area contributed by atoms with Gasteiger partial charge in [0.2, 0.25) is 5.91 Å². The summed E-state index contributed by atoms with van der Waals surface area (Å²) in [6.07, 6.45) is 0.731. The van der Waals surface area contributed by atoms with Crippen LogP contribution in [0.1, 0.15) is 13.3 Å². The monoisotopic (exact) mass is 201 g/mol. The van der Waals surface area contributed by atoms with Gasteiger partial charge in [0.1, 0.15) is 0 Å². The summed E-state index contributed by atoms with van der Waals surface area (Å²) in [7, 11) is 0. The molecular weight excluding hydrogens is 186 g/mol. The van der Waals surface area contributed by atoms with Gasteiger partial charge in [-0.2, -0.15) is 0 Å². The molecule has 0 aromatic carbocycles. The number of rotatable bonds is 3. The first-order valence-corrected chi connectivity index (χ1v) is 4.50. The molecule has 2 unspecified atom stereocenters. The Hall–Kier alpha value is -1.30. The number of ether oxygens (including phenoxy) is 1. The minimum atomic E-state index is -0.451.